The number of fused-ring (bicyclic) bond motifs is 13. The Hall–Kier alpha value is -12.5. The topological polar surface area (TPSA) is 98.6 Å². The summed E-state index contributed by atoms with van der Waals surface area (Å²) < 4.78 is 14.7. The van der Waals surface area contributed by atoms with Gasteiger partial charge in [0, 0.05) is 72.5 Å². The molecule has 0 spiro atoms. The van der Waals surface area contributed by atoms with Crippen LogP contribution in [-0.2, 0) is 0 Å². The Labute approximate surface area is 518 Å². The van der Waals surface area contributed by atoms with Crippen LogP contribution in [0.15, 0.2) is 272 Å². The van der Waals surface area contributed by atoms with Crippen LogP contribution < -0.4 is 20.6 Å². The lowest BCUT2D eigenvalue weighted by Gasteiger charge is -2.46. The number of ether oxygens (including phenoxy) is 1. The van der Waals surface area contributed by atoms with E-state index >= 15 is 0 Å². The fourth-order valence-electron chi connectivity index (χ4n) is 15.0. The summed E-state index contributed by atoms with van der Waals surface area (Å²) in [6.45, 7) is -0.268. The third-order valence-electron chi connectivity index (χ3n) is 18.8. The Morgan fingerprint density at radius 3 is 1.72 bits per heavy atom. The third-order valence-corrected chi connectivity index (χ3v) is 18.8. The number of para-hydroxylation sites is 5. The second-order valence-corrected chi connectivity index (χ2v) is 23.4. The molecule has 0 radical (unpaired) electrons. The van der Waals surface area contributed by atoms with Gasteiger partial charge in [-0.3, -0.25) is 0 Å². The maximum Gasteiger partial charge on any atom is 0.251 e. The van der Waals surface area contributed by atoms with E-state index in [2.05, 4.69) is 267 Å². The van der Waals surface area contributed by atoms with Gasteiger partial charge in [0.25, 0.3) is 6.71 Å². The Morgan fingerprint density at radius 1 is 0.422 bits per heavy atom. The lowest BCUT2D eigenvalue weighted by molar-refractivity contribution is 0.246. The van der Waals surface area contributed by atoms with Gasteiger partial charge in [-0.1, -0.05) is 146 Å². The van der Waals surface area contributed by atoms with Gasteiger partial charge < -0.3 is 23.3 Å². The van der Waals surface area contributed by atoms with Gasteiger partial charge in [0.05, 0.1) is 79.5 Å². The largest absolute Gasteiger partial charge is 0.487 e. The van der Waals surface area contributed by atoms with Gasteiger partial charge in [0.1, 0.15) is 17.4 Å². The van der Waals surface area contributed by atoms with Crippen LogP contribution in [0.3, 0.4) is 0 Å². The van der Waals surface area contributed by atoms with E-state index in [-0.39, 0.29) is 6.71 Å². The fraction of sp³-hybridized carbons (Fsp3) is 0.0247. The normalized spacial score (nSPS) is 14.0. The molecule has 0 bridgehead atoms. The summed E-state index contributed by atoms with van der Waals surface area (Å²) in [6.07, 6.45) is 2.37. The van der Waals surface area contributed by atoms with E-state index in [1.807, 2.05) is 42.5 Å². The molecule has 9 heteroatoms. The second-order valence-electron chi connectivity index (χ2n) is 23.4. The van der Waals surface area contributed by atoms with Crippen molar-refractivity contribution in [2.45, 2.75) is 12.5 Å². The van der Waals surface area contributed by atoms with Crippen molar-refractivity contribution in [2.75, 3.05) is 4.90 Å². The van der Waals surface area contributed by atoms with Gasteiger partial charge in [-0.15, -0.1) is 0 Å². The standard InChI is InChI=1S/C81H46BN7O/c83-47-50-30-37-74(87-70-26-12-5-19-58(70)59-20-6-13-27-71(59)87)63(40-50)54-33-35-67-79(44-54)90-80-45-55(64-41-51(48-84)31-38-75(64)88-72-28-14-7-21-60(72)61-22-8-15-29-73(61)88)43-78-81(80)82(67)66-36-34-56(86-69-25-11-9-23-62(69)65-42-52(49-85)32-39-76(65)86)46-77(66)89(78)68-24-10-4-18-57(68)53-16-2-1-3-17-53/h1-14,16-28,30-44,46,80H,45H2. The summed E-state index contributed by atoms with van der Waals surface area (Å²) in [4.78, 5) is 2.46. The molecule has 3 aliphatic rings. The van der Waals surface area contributed by atoms with Gasteiger partial charge in [0.2, 0.25) is 0 Å². The molecule has 18 rings (SSSR count). The second kappa shape index (κ2) is 19.8. The fourth-order valence-corrected chi connectivity index (χ4v) is 15.0. The molecule has 90 heavy (non-hydrogen) atoms. The first-order valence-electron chi connectivity index (χ1n) is 30.2. The van der Waals surface area contributed by atoms with Crippen LogP contribution in [0, 0.1) is 46.1 Å². The lowest BCUT2D eigenvalue weighted by Crippen LogP contribution is -2.58. The minimum absolute atomic E-state index is 0.268. The number of hydrogen-bond acceptors (Lipinski definition) is 5. The molecule has 0 fully saturated rings. The molecule has 2 aliphatic heterocycles. The minimum atomic E-state index is -0.488. The van der Waals surface area contributed by atoms with Crippen molar-refractivity contribution in [1.82, 2.24) is 13.7 Å². The van der Waals surface area contributed by atoms with Crippen LogP contribution in [0.4, 0.5) is 11.4 Å². The molecule has 3 aromatic heterocycles. The van der Waals surface area contributed by atoms with Crippen molar-refractivity contribution in [1.29, 1.82) is 15.8 Å². The van der Waals surface area contributed by atoms with Crippen LogP contribution in [0.2, 0.25) is 0 Å². The van der Waals surface area contributed by atoms with Gasteiger partial charge >= 0.3 is 0 Å². The number of nitriles is 3. The van der Waals surface area contributed by atoms with Gasteiger partial charge in [-0.05, 0) is 161 Å². The Kier molecular flexibility index (Phi) is 11.1. The van der Waals surface area contributed by atoms with E-state index in [0.717, 1.165) is 155 Å². The summed E-state index contributed by atoms with van der Waals surface area (Å²) in [5, 5.41) is 38.1. The Morgan fingerprint density at radius 2 is 1.00 bits per heavy atom. The number of aromatic nitrogens is 3. The number of hydrogen-bond donors (Lipinski definition) is 0. The van der Waals surface area contributed by atoms with Crippen LogP contribution in [0.25, 0.3) is 110 Å². The quantitative estimate of drug-likeness (QED) is 0.148. The number of allylic oxidation sites excluding steroid dienone is 1. The predicted molar refractivity (Wildman–Crippen MR) is 363 cm³/mol. The zero-order chi connectivity index (χ0) is 59.7. The maximum atomic E-state index is 10.8. The molecule has 1 unspecified atom stereocenters. The maximum absolute atomic E-state index is 10.8. The van der Waals surface area contributed by atoms with Gasteiger partial charge in [-0.25, -0.2) is 0 Å². The highest BCUT2D eigenvalue weighted by molar-refractivity contribution is 6.93. The van der Waals surface area contributed by atoms with E-state index < -0.39 is 6.10 Å². The molecule has 15 aromatic rings. The average Bonchev–Trinajstić information content (AvgIpc) is 0.956. The summed E-state index contributed by atoms with van der Waals surface area (Å²) in [7, 11) is 0. The molecular weight excluding hydrogens is 1100 g/mol. The van der Waals surface area contributed by atoms with E-state index in [9.17, 15) is 15.8 Å². The zero-order valence-corrected chi connectivity index (χ0v) is 48.2. The van der Waals surface area contributed by atoms with Crippen molar-refractivity contribution in [2.24, 2.45) is 0 Å². The SMILES string of the molecule is N#Cc1ccc(-n2c3c#cccc3c3ccccc32)c(C2=CC3=C4B(c5ccc(-c6cc(C#N)ccc6-n6c7ccccc7c7ccccc76)cc5OC4C2)c2ccc(-n4c5ccccc5c5cc(C#N)ccc54)cc2N3c2ccccc2-c2ccccc2)c1. The van der Waals surface area contributed by atoms with Crippen molar-refractivity contribution in [3.05, 3.63) is 306 Å². The van der Waals surface area contributed by atoms with E-state index in [4.69, 9.17) is 4.74 Å². The molecular formula is C81H46BN7O. The van der Waals surface area contributed by atoms with E-state index in [0.29, 0.717) is 23.1 Å². The van der Waals surface area contributed by atoms with Crippen molar-refractivity contribution < 1.29 is 4.74 Å². The molecule has 0 N–H and O–H groups in total. The number of anilines is 2. The Bertz CT molecular complexity index is 5710. The van der Waals surface area contributed by atoms with E-state index in [1.54, 1.807) is 0 Å². The highest BCUT2D eigenvalue weighted by Gasteiger charge is 2.48. The summed E-state index contributed by atoms with van der Waals surface area (Å²) in [5.74, 6) is 0.754. The zero-order valence-electron chi connectivity index (χ0n) is 48.2. The van der Waals surface area contributed by atoms with Crippen LogP contribution in [0.5, 0.6) is 5.75 Å². The molecule has 1 atom stereocenters. The Balaban J connectivity index is 0.918. The minimum Gasteiger partial charge on any atom is -0.487 e. The predicted octanol–water partition coefficient (Wildman–Crippen LogP) is 17.3. The smallest absolute Gasteiger partial charge is 0.251 e. The molecule has 8 nitrogen and oxygen atoms in total. The number of nitrogens with zero attached hydrogens (tertiary/aromatic N) is 7. The first kappa shape index (κ1) is 50.8. The van der Waals surface area contributed by atoms with Crippen molar-refractivity contribution in [3.63, 3.8) is 0 Å². The van der Waals surface area contributed by atoms with Gasteiger partial charge in [-0.2, -0.15) is 15.8 Å². The van der Waals surface area contributed by atoms with Crippen LogP contribution >= 0.6 is 0 Å². The molecule has 0 amide bonds. The summed E-state index contributed by atoms with van der Waals surface area (Å²) >= 11 is 0. The monoisotopic (exact) mass is 1140 g/mol. The van der Waals surface area contributed by atoms with Crippen LogP contribution in [-0.4, -0.2) is 26.5 Å². The molecule has 0 saturated heterocycles. The van der Waals surface area contributed by atoms with Crippen molar-refractivity contribution >= 4 is 100 Å². The number of rotatable bonds is 7. The summed E-state index contributed by atoms with van der Waals surface area (Å²) in [6, 6.07) is 103. The van der Waals surface area contributed by atoms with Crippen molar-refractivity contribution in [3.8, 4) is 63.3 Å². The van der Waals surface area contributed by atoms with Crippen LogP contribution in [0.1, 0.15) is 28.7 Å². The molecule has 0 saturated carbocycles. The van der Waals surface area contributed by atoms with E-state index in [1.165, 1.54) is 0 Å². The highest BCUT2D eigenvalue weighted by Crippen LogP contribution is 2.50. The number of benzene rings is 11. The molecule has 1 aliphatic carbocycles. The molecule has 414 valence electrons. The first-order valence-corrected chi connectivity index (χ1v) is 30.2. The van der Waals surface area contributed by atoms with Gasteiger partial charge in [0.15, 0.2) is 0 Å². The average molecular weight is 1140 g/mol. The molecule has 12 aromatic carbocycles. The molecule has 5 heterocycles. The first-order chi connectivity index (χ1) is 44.5. The highest BCUT2D eigenvalue weighted by atomic mass is 16.5. The third kappa shape index (κ3) is 7.49. The lowest BCUT2D eigenvalue weighted by atomic mass is 9.32. The summed E-state index contributed by atoms with van der Waals surface area (Å²) in [5.41, 5.74) is 22.8.